The van der Waals surface area contributed by atoms with Crippen LogP contribution in [0.5, 0.6) is 0 Å². The van der Waals surface area contributed by atoms with E-state index in [9.17, 15) is 0 Å². The number of hydrogen-bond acceptors (Lipinski definition) is 6. The van der Waals surface area contributed by atoms with Crippen molar-refractivity contribution in [3.63, 3.8) is 0 Å². The lowest BCUT2D eigenvalue weighted by molar-refractivity contribution is -0.184. The molecule has 136 valence electrons. The summed E-state index contributed by atoms with van der Waals surface area (Å²) < 4.78 is 8.27. The Labute approximate surface area is 149 Å². The summed E-state index contributed by atoms with van der Waals surface area (Å²) in [4.78, 5) is 2.29. The van der Waals surface area contributed by atoms with Crippen molar-refractivity contribution in [1.29, 1.82) is 0 Å². The quantitative estimate of drug-likeness (QED) is 0.829. The first kappa shape index (κ1) is 18.0. The minimum Gasteiger partial charge on any atom is -0.372 e. The zero-order chi connectivity index (χ0) is 17.5. The Morgan fingerprint density at radius 3 is 2.50 bits per heavy atom. The Balaban J connectivity index is 1.74. The van der Waals surface area contributed by atoms with Crippen LogP contribution in [-0.4, -0.2) is 56.5 Å². The molecular weight excluding hydrogens is 322 g/mol. The number of tetrazole rings is 1. The molecule has 24 heavy (non-hydrogen) atoms. The highest BCUT2D eigenvalue weighted by atomic mass is 32.2. The molecule has 2 heterocycles. The van der Waals surface area contributed by atoms with E-state index in [0.29, 0.717) is 6.04 Å². The molecule has 1 aliphatic heterocycles. The van der Waals surface area contributed by atoms with E-state index in [2.05, 4.69) is 62.1 Å². The summed E-state index contributed by atoms with van der Waals surface area (Å²) in [5.74, 6) is 3.36. The molecule has 0 bridgehead atoms. The molecule has 1 aromatic heterocycles. The number of rotatable bonds is 4. The molecule has 7 heteroatoms. The molecule has 1 aromatic rings. The van der Waals surface area contributed by atoms with Gasteiger partial charge >= 0.3 is 0 Å². The van der Waals surface area contributed by atoms with Gasteiger partial charge in [-0.25, -0.2) is 4.68 Å². The summed E-state index contributed by atoms with van der Waals surface area (Å²) in [6.45, 7) is 10.9. The van der Waals surface area contributed by atoms with Gasteiger partial charge in [-0.2, -0.15) is 11.8 Å². The van der Waals surface area contributed by atoms with Gasteiger partial charge in [-0.05, 0) is 62.0 Å². The third-order valence-electron chi connectivity index (χ3n) is 5.45. The molecule has 2 atom stereocenters. The van der Waals surface area contributed by atoms with Gasteiger partial charge in [0, 0.05) is 18.5 Å². The SMILES string of the molecule is CN(c1nnnn1C1CC(OC(C)(C)C)C1(C)C)C1CCSCC1. The summed E-state index contributed by atoms with van der Waals surface area (Å²) in [5.41, 5.74) is -0.0897. The molecule has 1 saturated carbocycles. The Morgan fingerprint density at radius 1 is 1.25 bits per heavy atom. The predicted octanol–water partition coefficient (Wildman–Crippen LogP) is 3.16. The molecule has 2 fully saturated rings. The van der Waals surface area contributed by atoms with Crippen molar-refractivity contribution >= 4 is 17.7 Å². The van der Waals surface area contributed by atoms with Crippen LogP contribution in [0.3, 0.4) is 0 Å². The normalized spacial score (nSPS) is 27.8. The van der Waals surface area contributed by atoms with Gasteiger partial charge < -0.3 is 9.64 Å². The highest BCUT2D eigenvalue weighted by Gasteiger charge is 2.53. The predicted molar refractivity (Wildman–Crippen MR) is 98.6 cm³/mol. The number of hydrogen-bond donors (Lipinski definition) is 0. The molecule has 2 aliphatic rings. The lowest BCUT2D eigenvalue weighted by atomic mass is 9.64. The van der Waals surface area contributed by atoms with Crippen LogP contribution in [0.2, 0.25) is 0 Å². The van der Waals surface area contributed by atoms with Crippen LogP contribution in [-0.2, 0) is 4.74 Å². The zero-order valence-electron chi connectivity index (χ0n) is 15.8. The van der Waals surface area contributed by atoms with Gasteiger partial charge in [0.25, 0.3) is 0 Å². The maximum absolute atomic E-state index is 6.24. The van der Waals surface area contributed by atoms with Crippen LogP contribution in [0.1, 0.15) is 59.9 Å². The summed E-state index contributed by atoms with van der Waals surface area (Å²) in [7, 11) is 2.14. The highest BCUT2D eigenvalue weighted by Crippen LogP contribution is 2.52. The fourth-order valence-corrected chi connectivity index (χ4v) is 4.85. The number of aromatic nitrogens is 4. The van der Waals surface area contributed by atoms with Gasteiger partial charge in [-0.3, -0.25) is 0 Å². The summed E-state index contributed by atoms with van der Waals surface area (Å²) in [5, 5.41) is 12.7. The maximum atomic E-state index is 6.24. The molecule has 3 rings (SSSR count). The van der Waals surface area contributed by atoms with Crippen LogP contribution in [0.4, 0.5) is 5.95 Å². The topological polar surface area (TPSA) is 56.1 Å². The van der Waals surface area contributed by atoms with Gasteiger partial charge in [0.15, 0.2) is 0 Å². The van der Waals surface area contributed by atoms with Gasteiger partial charge in [0.2, 0.25) is 5.95 Å². The Bertz CT molecular complexity index is 562. The van der Waals surface area contributed by atoms with E-state index in [0.717, 1.165) is 12.4 Å². The number of nitrogens with zero attached hydrogens (tertiary/aromatic N) is 5. The molecule has 0 amide bonds. The second-order valence-electron chi connectivity index (χ2n) is 8.67. The lowest BCUT2D eigenvalue weighted by Crippen LogP contribution is -2.54. The van der Waals surface area contributed by atoms with Crippen LogP contribution in [0, 0.1) is 5.41 Å². The van der Waals surface area contributed by atoms with Crippen molar-refractivity contribution in [2.75, 3.05) is 23.5 Å². The number of ether oxygens (including phenoxy) is 1. The third-order valence-corrected chi connectivity index (χ3v) is 6.50. The van der Waals surface area contributed by atoms with E-state index in [4.69, 9.17) is 4.74 Å². The van der Waals surface area contributed by atoms with Crippen LogP contribution in [0.15, 0.2) is 0 Å². The van der Waals surface area contributed by atoms with Gasteiger partial charge in [-0.1, -0.05) is 18.9 Å². The fourth-order valence-electron chi connectivity index (χ4n) is 3.76. The summed E-state index contributed by atoms with van der Waals surface area (Å²) in [6.07, 6.45) is 3.63. The van der Waals surface area contributed by atoms with Crippen LogP contribution >= 0.6 is 11.8 Å². The van der Waals surface area contributed by atoms with E-state index < -0.39 is 0 Å². The van der Waals surface area contributed by atoms with Gasteiger partial charge in [0.05, 0.1) is 17.7 Å². The van der Waals surface area contributed by atoms with Crippen molar-refractivity contribution in [2.24, 2.45) is 5.41 Å². The first-order valence-corrected chi connectivity index (χ1v) is 10.1. The van der Waals surface area contributed by atoms with E-state index >= 15 is 0 Å². The van der Waals surface area contributed by atoms with E-state index in [1.165, 1.54) is 24.3 Å². The average Bonchev–Trinajstić information content (AvgIpc) is 2.99. The van der Waals surface area contributed by atoms with Crippen molar-refractivity contribution < 1.29 is 4.74 Å². The van der Waals surface area contributed by atoms with E-state index in [1.54, 1.807) is 0 Å². The Hall–Kier alpha value is -0.820. The summed E-state index contributed by atoms with van der Waals surface area (Å²) >= 11 is 2.04. The Kier molecular flexibility index (Phi) is 4.86. The second kappa shape index (κ2) is 6.48. The van der Waals surface area contributed by atoms with Crippen molar-refractivity contribution in [1.82, 2.24) is 20.2 Å². The second-order valence-corrected chi connectivity index (χ2v) is 9.89. The van der Waals surface area contributed by atoms with E-state index in [1.807, 2.05) is 16.4 Å². The molecule has 2 unspecified atom stereocenters. The molecule has 0 radical (unpaired) electrons. The minimum atomic E-state index is -0.118. The van der Waals surface area contributed by atoms with Crippen molar-refractivity contribution in [3.05, 3.63) is 0 Å². The minimum absolute atomic E-state index is 0.0284. The van der Waals surface area contributed by atoms with Crippen molar-refractivity contribution in [3.8, 4) is 0 Å². The zero-order valence-corrected chi connectivity index (χ0v) is 16.6. The molecule has 0 N–H and O–H groups in total. The van der Waals surface area contributed by atoms with E-state index in [-0.39, 0.29) is 23.2 Å². The standard InChI is InChI=1S/C17H31N5OS/c1-16(2,3)23-14-11-13(17(14,4)5)22-15(18-19-20-22)21(6)12-7-9-24-10-8-12/h12-14H,7-11H2,1-6H3. The molecule has 1 saturated heterocycles. The number of anilines is 1. The van der Waals surface area contributed by atoms with Gasteiger partial charge in [-0.15, -0.1) is 0 Å². The van der Waals surface area contributed by atoms with Crippen LogP contribution in [0.25, 0.3) is 0 Å². The van der Waals surface area contributed by atoms with Crippen LogP contribution < -0.4 is 4.90 Å². The molecular formula is C17H31N5OS. The third kappa shape index (κ3) is 3.43. The highest BCUT2D eigenvalue weighted by molar-refractivity contribution is 7.99. The first-order chi connectivity index (χ1) is 11.2. The largest absolute Gasteiger partial charge is 0.372 e. The average molecular weight is 354 g/mol. The molecule has 6 nitrogen and oxygen atoms in total. The monoisotopic (exact) mass is 353 g/mol. The van der Waals surface area contributed by atoms with Crippen molar-refractivity contribution in [2.45, 2.75) is 77.7 Å². The Morgan fingerprint density at radius 2 is 1.92 bits per heavy atom. The van der Waals surface area contributed by atoms with Gasteiger partial charge in [0.1, 0.15) is 0 Å². The smallest absolute Gasteiger partial charge is 0.245 e. The molecule has 0 spiro atoms. The fraction of sp³-hybridized carbons (Fsp3) is 0.941. The number of thioether (sulfide) groups is 1. The molecule has 0 aromatic carbocycles. The summed E-state index contributed by atoms with van der Waals surface area (Å²) in [6, 6.07) is 0.830. The maximum Gasteiger partial charge on any atom is 0.245 e. The lowest BCUT2D eigenvalue weighted by Gasteiger charge is -2.53. The first-order valence-electron chi connectivity index (χ1n) is 8.96. The molecule has 1 aliphatic carbocycles.